The van der Waals surface area contributed by atoms with Crippen LogP contribution in [-0.4, -0.2) is 9.97 Å². The molecular weight excluding hydrogens is 1500 g/mol. The fraction of sp³-hybridized carbons (Fsp3) is 0. The molecule has 0 radical (unpaired) electrons. The summed E-state index contributed by atoms with van der Waals surface area (Å²) in [4.78, 5) is 15.2. The van der Waals surface area contributed by atoms with Gasteiger partial charge in [-0.2, -0.15) is 0 Å². The van der Waals surface area contributed by atoms with Crippen molar-refractivity contribution >= 4 is 143 Å². The highest BCUT2D eigenvalue weighted by Crippen LogP contribution is 2.48. The molecule has 0 aliphatic rings. The van der Waals surface area contributed by atoms with Crippen LogP contribution in [0.15, 0.2) is 433 Å². The van der Waals surface area contributed by atoms with Gasteiger partial charge in [-0.05, 0) is 232 Å². The molecule has 0 aliphatic heterocycles. The number of thiazole rings is 2. The normalized spacial score (nSPS) is 11.7. The molecule has 0 atom stereocenters. The van der Waals surface area contributed by atoms with Gasteiger partial charge in [-0.15, -0.1) is 22.7 Å². The van der Waals surface area contributed by atoms with Crippen LogP contribution in [0.5, 0.6) is 0 Å². The van der Waals surface area contributed by atoms with Crippen molar-refractivity contribution < 1.29 is 8.83 Å². The van der Waals surface area contributed by atoms with Crippen molar-refractivity contribution in [1.29, 1.82) is 0 Å². The summed E-state index contributed by atoms with van der Waals surface area (Å²) in [6.07, 6.45) is 0. The first-order valence-electron chi connectivity index (χ1n) is 40.5. The van der Waals surface area contributed by atoms with Gasteiger partial charge in [0.2, 0.25) is 0 Å². The Hall–Kier alpha value is -15.3. The summed E-state index contributed by atoms with van der Waals surface area (Å²) in [6, 6.07) is 153. The van der Waals surface area contributed by atoms with Crippen LogP contribution < -0.4 is 9.80 Å². The van der Waals surface area contributed by atoms with E-state index in [0.29, 0.717) is 0 Å². The standard InChI is InChI=1S/C112H70N4O2S2/c1-5-16-71(17-6-1)75-30-36-81(37-31-75)111-113-101-59-61-104-107(110(101)120-111)100-70-89(51-60-102(100)117-104)79-48-54-93(55-49-79)115(92-52-44-77(45-53-92)73-20-9-3-10-21-73)97-58-50-87-64-85(42-43-88(87)68-97)86-41-35-80-34-40-84(65-91(80)66-86)78-46-56-94(57-47-78)116(95-26-13-24-83(67-95)74-22-11-4-12-23-74)96-27-14-25-90(69-96)98-28-15-29-99-106-103(118-109(98)99)62-63-105-108(106)114-112(119-105)82-38-32-76(33-39-82)72-18-7-2-8-19-72/h1-70H. The van der Waals surface area contributed by atoms with Crippen molar-refractivity contribution in [2.24, 2.45) is 0 Å². The summed E-state index contributed by atoms with van der Waals surface area (Å²) in [5, 5.41) is 10.9. The molecule has 0 spiro atoms. The monoisotopic (exact) mass is 1570 g/mol. The van der Waals surface area contributed by atoms with Crippen molar-refractivity contribution in [3.05, 3.63) is 425 Å². The lowest BCUT2D eigenvalue weighted by Gasteiger charge is -2.27. The molecule has 562 valence electrons. The van der Waals surface area contributed by atoms with Gasteiger partial charge in [-0.25, -0.2) is 9.97 Å². The maximum Gasteiger partial charge on any atom is 0.143 e. The van der Waals surface area contributed by atoms with Crippen molar-refractivity contribution in [1.82, 2.24) is 9.97 Å². The Morgan fingerprint density at radius 2 is 0.600 bits per heavy atom. The molecule has 0 fully saturated rings. The molecule has 0 N–H and O–H groups in total. The fourth-order valence-corrected chi connectivity index (χ4v) is 19.5. The third-order valence-corrected chi connectivity index (χ3v) is 25.7. The molecule has 6 nitrogen and oxygen atoms in total. The summed E-state index contributed by atoms with van der Waals surface area (Å²) < 4.78 is 15.7. The number of fused-ring (bicyclic) bond motifs is 12. The molecule has 23 rings (SSSR count). The van der Waals surface area contributed by atoms with Gasteiger partial charge in [0.15, 0.2) is 0 Å². The molecule has 0 amide bonds. The zero-order valence-corrected chi connectivity index (χ0v) is 66.5. The first-order chi connectivity index (χ1) is 59.4. The van der Waals surface area contributed by atoms with E-state index in [2.05, 4.69) is 434 Å². The highest BCUT2D eigenvalue weighted by Gasteiger charge is 2.24. The lowest BCUT2D eigenvalue weighted by molar-refractivity contribution is 0.669. The zero-order chi connectivity index (χ0) is 79.1. The number of benzene rings is 19. The maximum atomic E-state index is 6.92. The van der Waals surface area contributed by atoms with Crippen LogP contribution in [0.25, 0.3) is 196 Å². The van der Waals surface area contributed by atoms with Crippen molar-refractivity contribution in [3.63, 3.8) is 0 Å². The quantitative estimate of drug-likeness (QED) is 0.0961. The van der Waals surface area contributed by atoms with E-state index < -0.39 is 0 Å². The number of hydrogen-bond donors (Lipinski definition) is 0. The van der Waals surface area contributed by atoms with Gasteiger partial charge in [-0.3, -0.25) is 0 Å². The Bertz CT molecular complexity index is 7860. The van der Waals surface area contributed by atoms with Gasteiger partial charge in [0, 0.05) is 67.0 Å². The number of hydrogen-bond acceptors (Lipinski definition) is 8. The maximum absolute atomic E-state index is 6.92. The zero-order valence-electron chi connectivity index (χ0n) is 64.8. The molecule has 0 unspecified atom stereocenters. The number of nitrogens with zero attached hydrogens (tertiary/aromatic N) is 4. The molecule has 0 bridgehead atoms. The summed E-state index contributed by atoms with van der Waals surface area (Å²) in [5.41, 5.74) is 32.1. The van der Waals surface area contributed by atoms with Crippen LogP contribution in [-0.2, 0) is 0 Å². The average Bonchev–Trinajstić information content (AvgIpc) is 1.59. The molecule has 4 heterocycles. The topological polar surface area (TPSA) is 58.5 Å². The second-order valence-electron chi connectivity index (χ2n) is 30.8. The van der Waals surface area contributed by atoms with Crippen molar-refractivity contribution in [2.75, 3.05) is 9.80 Å². The number of anilines is 6. The van der Waals surface area contributed by atoms with Gasteiger partial charge in [-0.1, -0.05) is 297 Å². The van der Waals surface area contributed by atoms with Crippen molar-refractivity contribution in [3.8, 4) is 110 Å². The highest BCUT2D eigenvalue weighted by molar-refractivity contribution is 7.23. The summed E-state index contributed by atoms with van der Waals surface area (Å²) in [7, 11) is 0. The van der Waals surface area contributed by atoms with E-state index >= 15 is 0 Å². The lowest BCUT2D eigenvalue weighted by atomic mass is 9.96. The first kappa shape index (κ1) is 70.1. The molecule has 0 aliphatic carbocycles. The third-order valence-electron chi connectivity index (χ3n) is 23.5. The number of rotatable bonds is 16. The van der Waals surface area contributed by atoms with Gasteiger partial charge in [0.25, 0.3) is 0 Å². The minimum absolute atomic E-state index is 0.820. The molecule has 120 heavy (non-hydrogen) atoms. The molecule has 0 saturated heterocycles. The van der Waals surface area contributed by atoms with Crippen LogP contribution in [0.4, 0.5) is 34.1 Å². The van der Waals surface area contributed by atoms with Crippen LogP contribution in [0, 0.1) is 0 Å². The third kappa shape index (κ3) is 12.8. The van der Waals surface area contributed by atoms with Gasteiger partial charge in [0.05, 0.1) is 25.8 Å². The second kappa shape index (κ2) is 29.4. The van der Waals surface area contributed by atoms with E-state index in [-0.39, 0.29) is 0 Å². The van der Waals surface area contributed by atoms with Crippen molar-refractivity contribution in [2.45, 2.75) is 0 Å². The highest BCUT2D eigenvalue weighted by atomic mass is 32.1. The predicted octanol–water partition coefficient (Wildman–Crippen LogP) is 32.6. The van der Waals surface area contributed by atoms with E-state index in [0.717, 1.165) is 186 Å². The van der Waals surface area contributed by atoms with Crippen LogP contribution in [0.2, 0.25) is 0 Å². The molecule has 23 aromatic rings. The average molecular weight is 1570 g/mol. The minimum Gasteiger partial charge on any atom is -0.456 e. The van der Waals surface area contributed by atoms with E-state index in [9.17, 15) is 0 Å². The van der Waals surface area contributed by atoms with Gasteiger partial charge in [0.1, 0.15) is 32.3 Å². The second-order valence-corrected chi connectivity index (χ2v) is 32.8. The van der Waals surface area contributed by atoms with E-state index in [1.54, 1.807) is 22.7 Å². The van der Waals surface area contributed by atoms with E-state index in [1.165, 1.54) is 44.2 Å². The van der Waals surface area contributed by atoms with Gasteiger partial charge >= 0.3 is 0 Å². The predicted molar refractivity (Wildman–Crippen MR) is 506 cm³/mol. The van der Waals surface area contributed by atoms with Crippen LogP contribution >= 0.6 is 22.7 Å². The number of aromatic nitrogens is 2. The van der Waals surface area contributed by atoms with Crippen LogP contribution in [0.1, 0.15) is 0 Å². The fourth-order valence-electron chi connectivity index (χ4n) is 17.4. The molecule has 8 heteroatoms. The Labute approximate surface area is 701 Å². The number of para-hydroxylation sites is 1. The van der Waals surface area contributed by atoms with Gasteiger partial charge < -0.3 is 18.6 Å². The smallest absolute Gasteiger partial charge is 0.143 e. The largest absolute Gasteiger partial charge is 0.456 e. The Balaban J connectivity index is 0.537. The first-order valence-corrected chi connectivity index (χ1v) is 42.1. The van der Waals surface area contributed by atoms with E-state index in [4.69, 9.17) is 18.8 Å². The summed E-state index contributed by atoms with van der Waals surface area (Å²) in [5.74, 6) is 0. The summed E-state index contributed by atoms with van der Waals surface area (Å²) >= 11 is 3.44. The Morgan fingerprint density at radius 3 is 1.19 bits per heavy atom. The minimum atomic E-state index is 0.820. The molecule has 19 aromatic carbocycles. The molecule has 0 saturated carbocycles. The molecule has 4 aromatic heterocycles. The Kier molecular flexibility index (Phi) is 17.2. The summed E-state index contributed by atoms with van der Waals surface area (Å²) in [6.45, 7) is 0. The van der Waals surface area contributed by atoms with Crippen LogP contribution in [0.3, 0.4) is 0 Å². The molecular formula is C112H70N4O2S2. The number of furan rings is 2. The Morgan fingerprint density at radius 1 is 0.217 bits per heavy atom. The van der Waals surface area contributed by atoms with E-state index in [1.807, 2.05) is 0 Å². The lowest BCUT2D eigenvalue weighted by Crippen LogP contribution is -2.10. The SMILES string of the molecule is c1ccc(-c2ccc(-c3nc4c(ccc5oc6c(-c7cccc(N(c8ccc(-c9ccc%10ccc(-c%11ccc%12cc(N(c%13ccc(-c%14ccccc%14)cc%13)c%13ccc(-c%14ccc%15oc%16ccc%17nc(-c%18ccc(-c%19ccccc%19)cc%18)sc%17c%16c%15c%14)cc%13)ccc%12c%11)cc%10c9)cc8)c8cccc(-c9ccccc9)c8)c7)cccc6c54)s3)cc2)cc1.